The van der Waals surface area contributed by atoms with Gasteiger partial charge < -0.3 is 34.1 Å². The molecule has 0 bridgehead atoms. The molecule has 0 aliphatic carbocycles. The number of carbonyl (C=O) groups excluding carboxylic acids is 2. The number of ether oxygens (including phenoxy) is 2. The smallest absolute Gasteiger partial charge is 0.407 e. The average Bonchev–Trinajstić information content (AvgIpc) is 4.12. The molecule has 0 spiro atoms. The molecule has 32 heteroatoms. The van der Waals surface area contributed by atoms with Gasteiger partial charge in [-0.05, 0) is 42.2 Å². The van der Waals surface area contributed by atoms with Crippen molar-refractivity contribution in [2.45, 2.75) is 109 Å². The number of imidazole rings is 2. The Labute approximate surface area is 422 Å². The van der Waals surface area contributed by atoms with Gasteiger partial charge in [-0.15, -0.1) is 0 Å². The highest BCUT2D eigenvalue weighted by atomic mass is 31.2. The summed E-state index contributed by atoms with van der Waals surface area (Å²) >= 11 is 0. The molecule has 7 rings (SSSR count). The number of azide groups is 1. The summed E-state index contributed by atoms with van der Waals surface area (Å²) in [6.45, 7) is 10.6. The number of rotatable bonds is 22. The summed E-state index contributed by atoms with van der Waals surface area (Å²) in [7, 11) is -13.5. The molecular formula is C42H56N14O15P2Si. The third kappa shape index (κ3) is 12.6. The molecule has 2 fully saturated rings. The lowest BCUT2D eigenvalue weighted by molar-refractivity contribution is -0.118. The van der Waals surface area contributed by atoms with Crippen LogP contribution in [-0.4, -0.2) is 131 Å². The molecular weight excluding hydrogens is 1030 g/mol. The fraction of sp³-hybridized carbons (Fsp3) is 0.548. The van der Waals surface area contributed by atoms with Crippen molar-refractivity contribution in [2.75, 3.05) is 37.0 Å². The van der Waals surface area contributed by atoms with Crippen molar-refractivity contribution in [3.8, 4) is 6.07 Å². The van der Waals surface area contributed by atoms with E-state index >= 15 is 4.57 Å². The van der Waals surface area contributed by atoms with Crippen molar-refractivity contribution in [2.24, 2.45) is 17.0 Å². The lowest BCUT2D eigenvalue weighted by Gasteiger charge is -2.40. The van der Waals surface area contributed by atoms with Crippen LogP contribution < -0.4 is 16.2 Å². The number of aromatic nitrogens is 8. The van der Waals surface area contributed by atoms with Gasteiger partial charge in [-0.25, -0.2) is 29.1 Å². The Kier molecular flexibility index (Phi) is 17.3. The molecule has 398 valence electrons. The van der Waals surface area contributed by atoms with Gasteiger partial charge in [-0.3, -0.25) is 51.9 Å². The van der Waals surface area contributed by atoms with Crippen LogP contribution in [0, 0.1) is 23.2 Å². The van der Waals surface area contributed by atoms with E-state index in [1.165, 1.54) is 28.1 Å². The number of nitrogens with one attached hydrogen (secondary N) is 3. The van der Waals surface area contributed by atoms with E-state index in [2.05, 4.69) is 50.6 Å². The molecule has 4 aromatic heterocycles. The Bertz CT molecular complexity index is 3080. The standard InChI is InChI=1S/C42H56N14O15P2Si/c1-23(2)36(58)52-41-51-35-29(38(60)53-41)48-22-56(35)39-30(25(14-16-49-54-44)26(18-57)67-39)70-73(64,65-17-11-15-43)66-19-27-31(69-72(61,62)63)32(71-74(6,7)42(3,4)5)40(68-27)55-21-47-28-33(45-20-46-34(28)55)50-37(59)24-12-9-8-10-13-24/h8-10,12-13,20-23,25-27,30-32,39-40,57H,11,14,16-19H2,1-7H3,(H2,61,62,63)(H,45,46,50,59)(H2,51,52,53,58,60)/t25-,26-,27-,30-,31-,32-,39-,40-,73?/m1/s1. The molecule has 2 saturated heterocycles. The van der Waals surface area contributed by atoms with E-state index in [0.717, 1.165) is 0 Å². The Balaban J connectivity index is 1.28. The second-order valence-corrected chi connectivity index (χ2v) is 26.5. The number of aromatic amines is 1. The SMILES string of the molecule is CC(C)C(=O)Nc1nc2c(ncn2[C@@H]2O[C@H](CO)[C@@H](CCN=[N+]=[N-])[C@H]2OP(=O)(OCCC#N)OC[C@H]2O[C@@H](n3cnc4c(NC(=O)c5ccccc5)ncnc43)[C@H](O[Si](C)(C)C(C)(C)C)[C@@H]2OP(=O)(O)O)c(=O)[nH]1. The first kappa shape index (κ1) is 55.9. The Morgan fingerprint density at radius 3 is 2.30 bits per heavy atom. The molecule has 2 amide bonds. The number of hydrogen-bond donors (Lipinski definition) is 6. The van der Waals surface area contributed by atoms with Crippen molar-refractivity contribution in [1.29, 1.82) is 5.26 Å². The second-order valence-electron chi connectivity index (χ2n) is 18.9. The molecule has 1 aromatic carbocycles. The number of nitriles is 1. The summed E-state index contributed by atoms with van der Waals surface area (Å²) < 4.78 is 74.0. The second kappa shape index (κ2) is 22.9. The van der Waals surface area contributed by atoms with Gasteiger partial charge in [0.1, 0.15) is 30.7 Å². The van der Waals surface area contributed by atoms with E-state index in [1.807, 2.05) is 39.9 Å². The molecule has 6 N–H and O–H groups in total. The summed E-state index contributed by atoms with van der Waals surface area (Å²) in [6.07, 6.45) is -6.85. The molecule has 2 aliphatic rings. The van der Waals surface area contributed by atoms with Crippen LogP contribution in [0.3, 0.4) is 0 Å². The van der Waals surface area contributed by atoms with Crippen molar-refractivity contribution in [3.63, 3.8) is 0 Å². The predicted octanol–water partition coefficient (Wildman–Crippen LogP) is 5.22. The minimum absolute atomic E-state index is 0.0259. The van der Waals surface area contributed by atoms with E-state index in [1.54, 1.807) is 44.2 Å². The lowest BCUT2D eigenvalue weighted by Crippen LogP contribution is -2.49. The van der Waals surface area contributed by atoms with E-state index in [9.17, 15) is 39.1 Å². The topological polar surface area (TPSA) is 397 Å². The fourth-order valence-electron chi connectivity index (χ4n) is 7.86. The van der Waals surface area contributed by atoms with Crippen LogP contribution in [0.25, 0.3) is 32.8 Å². The minimum Gasteiger partial charge on any atom is -0.407 e. The number of anilines is 2. The summed E-state index contributed by atoms with van der Waals surface area (Å²) in [5, 5.41) is 28.5. The molecule has 0 saturated carbocycles. The van der Waals surface area contributed by atoms with Crippen LogP contribution in [0.15, 0.2) is 59.2 Å². The van der Waals surface area contributed by atoms with Crippen LogP contribution in [0.5, 0.6) is 0 Å². The van der Waals surface area contributed by atoms with Crippen molar-refractivity contribution in [1.82, 2.24) is 39.0 Å². The van der Waals surface area contributed by atoms with Gasteiger partial charge >= 0.3 is 15.6 Å². The van der Waals surface area contributed by atoms with Gasteiger partial charge in [-0.2, -0.15) is 10.2 Å². The summed E-state index contributed by atoms with van der Waals surface area (Å²) in [5.74, 6) is -2.67. The van der Waals surface area contributed by atoms with Gasteiger partial charge in [0, 0.05) is 28.9 Å². The fourth-order valence-corrected chi connectivity index (χ4v) is 11.1. The number of phosphoric ester groups is 2. The van der Waals surface area contributed by atoms with E-state index in [0.29, 0.717) is 5.56 Å². The van der Waals surface area contributed by atoms with Crippen molar-refractivity contribution < 1.29 is 65.6 Å². The zero-order valence-corrected chi connectivity index (χ0v) is 43.9. The number of H-pyrrole nitrogens is 1. The van der Waals surface area contributed by atoms with E-state index in [4.69, 9.17) is 37.5 Å². The highest BCUT2D eigenvalue weighted by Crippen LogP contribution is 2.57. The van der Waals surface area contributed by atoms with E-state index < -0.39 is 121 Å². The number of aliphatic hydroxyl groups is 1. The predicted molar refractivity (Wildman–Crippen MR) is 262 cm³/mol. The number of aliphatic hydroxyl groups excluding tert-OH is 1. The van der Waals surface area contributed by atoms with Crippen LogP contribution in [0.2, 0.25) is 18.1 Å². The third-order valence-corrected chi connectivity index (χ3v) is 19.0. The lowest BCUT2D eigenvalue weighted by atomic mass is 9.94. The molecule has 9 atom stereocenters. The maximum Gasteiger partial charge on any atom is 0.475 e. The van der Waals surface area contributed by atoms with Crippen molar-refractivity contribution >= 4 is 69.9 Å². The molecule has 2 aliphatic heterocycles. The number of carbonyl (C=O) groups is 2. The van der Waals surface area contributed by atoms with Crippen LogP contribution in [-0.2, 0) is 45.9 Å². The molecule has 5 aromatic rings. The first-order valence-electron chi connectivity index (χ1n) is 23.1. The number of fused-ring (bicyclic) bond motifs is 2. The van der Waals surface area contributed by atoms with Gasteiger partial charge in [0.15, 0.2) is 48.9 Å². The van der Waals surface area contributed by atoms with Crippen molar-refractivity contribution in [3.05, 3.63) is 75.7 Å². The molecule has 1 unspecified atom stereocenters. The number of nitrogens with zero attached hydrogens (tertiary/aromatic N) is 11. The Hall–Kier alpha value is -5.86. The van der Waals surface area contributed by atoms with Crippen LogP contribution >= 0.6 is 15.6 Å². The molecule has 74 heavy (non-hydrogen) atoms. The van der Waals surface area contributed by atoms with Crippen LogP contribution in [0.1, 0.15) is 70.3 Å². The highest BCUT2D eigenvalue weighted by Gasteiger charge is 2.55. The Morgan fingerprint density at radius 1 is 0.973 bits per heavy atom. The third-order valence-electron chi connectivity index (χ3n) is 12.6. The van der Waals surface area contributed by atoms with E-state index in [-0.39, 0.29) is 53.5 Å². The maximum atomic E-state index is 15.2. The largest absolute Gasteiger partial charge is 0.475 e. The monoisotopic (exact) mass is 1090 g/mol. The summed E-state index contributed by atoms with van der Waals surface area (Å²) in [4.78, 5) is 86.9. The van der Waals surface area contributed by atoms with Gasteiger partial charge in [0.25, 0.3) is 11.5 Å². The van der Waals surface area contributed by atoms with Crippen LogP contribution in [0.4, 0.5) is 11.8 Å². The highest BCUT2D eigenvalue weighted by molar-refractivity contribution is 7.48. The number of phosphoric acid groups is 2. The number of amides is 2. The van der Waals surface area contributed by atoms with Gasteiger partial charge in [-0.1, -0.05) is 57.9 Å². The Morgan fingerprint density at radius 2 is 1.65 bits per heavy atom. The quantitative estimate of drug-likeness (QED) is 0.0129. The molecule has 6 heterocycles. The summed E-state index contributed by atoms with van der Waals surface area (Å²) in [5.41, 5.74) is 8.59. The zero-order valence-electron chi connectivity index (χ0n) is 41.1. The number of hydrogen-bond acceptors (Lipinski definition) is 20. The summed E-state index contributed by atoms with van der Waals surface area (Å²) in [6, 6.07) is 10.2. The normalized spacial score (nSPS) is 23.2. The first-order valence-corrected chi connectivity index (χ1v) is 29.0. The zero-order chi connectivity index (χ0) is 53.8. The van der Waals surface area contributed by atoms with Gasteiger partial charge in [0.2, 0.25) is 11.9 Å². The first-order chi connectivity index (χ1) is 35.0. The molecule has 29 nitrogen and oxygen atoms in total. The number of benzene rings is 1. The minimum atomic E-state index is -5.42. The maximum absolute atomic E-state index is 15.2. The molecule has 0 radical (unpaired) electrons. The average molecular weight is 1090 g/mol. The van der Waals surface area contributed by atoms with Gasteiger partial charge in [0.05, 0.1) is 51.1 Å².